The van der Waals surface area contributed by atoms with Crippen LogP contribution in [-0.2, 0) is 11.8 Å². The fraction of sp³-hybridized carbons (Fsp3) is 0.588. The fourth-order valence-electron chi connectivity index (χ4n) is 3.76. The molecule has 0 aromatic carbocycles. The van der Waals surface area contributed by atoms with Gasteiger partial charge in [-0.05, 0) is 12.5 Å². The summed E-state index contributed by atoms with van der Waals surface area (Å²) in [5.74, 6) is 0.507. The van der Waals surface area contributed by atoms with E-state index < -0.39 is 0 Å². The molecule has 2 atom stereocenters. The maximum atomic E-state index is 13.1. The van der Waals surface area contributed by atoms with E-state index in [9.17, 15) is 4.79 Å². The molecule has 2 aromatic heterocycles. The molecule has 7 nitrogen and oxygen atoms in total. The number of amides is 1. The quantitative estimate of drug-likeness (QED) is 0.879. The number of nitrogens with zero attached hydrogens (tertiary/aromatic N) is 5. The molecule has 134 valence electrons. The van der Waals surface area contributed by atoms with Crippen molar-refractivity contribution in [3.05, 3.63) is 29.0 Å². The van der Waals surface area contributed by atoms with Crippen LogP contribution in [0, 0.1) is 12.8 Å². The van der Waals surface area contributed by atoms with Crippen LogP contribution in [0.2, 0.25) is 0 Å². The molecule has 4 heterocycles. The molecule has 1 amide bonds. The second kappa shape index (κ2) is 6.76. The van der Waals surface area contributed by atoms with Gasteiger partial charge >= 0.3 is 0 Å². The zero-order chi connectivity index (χ0) is 17.4. The summed E-state index contributed by atoms with van der Waals surface area (Å²) >= 11 is 1.72. The molecule has 0 aliphatic carbocycles. The van der Waals surface area contributed by atoms with Crippen molar-refractivity contribution in [3.8, 4) is 0 Å². The first-order chi connectivity index (χ1) is 12.1. The number of thiazole rings is 1. The molecule has 0 radical (unpaired) electrons. The van der Waals surface area contributed by atoms with E-state index in [2.05, 4.69) is 27.2 Å². The van der Waals surface area contributed by atoms with E-state index in [0.29, 0.717) is 0 Å². The highest BCUT2D eigenvalue weighted by atomic mass is 32.1. The Labute approximate surface area is 151 Å². The van der Waals surface area contributed by atoms with Crippen LogP contribution >= 0.6 is 11.3 Å². The summed E-state index contributed by atoms with van der Waals surface area (Å²) in [4.78, 5) is 23.1. The lowest BCUT2D eigenvalue weighted by molar-refractivity contribution is -0.135. The Hall–Kier alpha value is -1.93. The van der Waals surface area contributed by atoms with E-state index in [1.54, 1.807) is 11.3 Å². The Morgan fingerprint density at radius 3 is 2.68 bits per heavy atom. The van der Waals surface area contributed by atoms with Crippen LogP contribution in [0.3, 0.4) is 0 Å². The van der Waals surface area contributed by atoms with Crippen LogP contribution in [0.25, 0.3) is 0 Å². The van der Waals surface area contributed by atoms with Crippen LogP contribution < -0.4 is 10.2 Å². The number of rotatable bonds is 3. The smallest absolute Gasteiger partial charge is 0.227 e. The number of anilines is 1. The number of nitrogens with one attached hydrogen (secondary N) is 1. The molecule has 0 bridgehead atoms. The van der Waals surface area contributed by atoms with Gasteiger partial charge in [-0.25, -0.2) is 4.98 Å². The molecule has 0 unspecified atom stereocenters. The average molecular weight is 360 g/mol. The van der Waals surface area contributed by atoms with Crippen molar-refractivity contribution < 1.29 is 4.79 Å². The van der Waals surface area contributed by atoms with Crippen molar-refractivity contribution in [1.29, 1.82) is 0 Å². The molecule has 0 spiro atoms. The monoisotopic (exact) mass is 360 g/mol. The van der Waals surface area contributed by atoms with Crippen molar-refractivity contribution in [2.75, 3.05) is 44.2 Å². The summed E-state index contributed by atoms with van der Waals surface area (Å²) < 4.78 is 1.81. The summed E-state index contributed by atoms with van der Waals surface area (Å²) in [6, 6.07) is 0. The Kier molecular flexibility index (Phi) is 4.47. The van der Waals surface area contributed by atoms with E-state index >= 15 is 0 Å². The second-order valence-corrected chi connectivity index (χ2v) is 8.10. The third-order valence-electron chi connectivity index (χ3n) is 5.16. The van der Waals surface area contributed by atoms with E-state index in [0.717, 1.165) is 50.0 Å². The minimum Gasteiger partial charge on any atom is -0.345 e. The topological polar surface area (TPSA) is 66.3 Å². The van der Waals surface area contributed by atoms with Gasteiger partial charge in [-0.2, -0.15) is 5.10 Å². The van der Waals surface area contributed by atoms with Crippen molar-refractivity contribution in [2.24, 2.45) is 13.0 Å². The number of carbonyl (C=O) groups is 1. The second-order valence-electron chi connectivity index (χ2n) is 6.88. The lowest BCUT2D eigenvalue weighted by Crippen LogP contribution is -2.51. The molecule has 2 saturated heterocycles. The largest absolute Gasteiger partial charge is 0.345 e. The predicted octanol–water partition coefficient (Wildman–Crippen LogP) is 0.837. The molecule has 2 fully saturated rings. The maximum Gasteiger partial charge on any atom is 0.227 e. The minimum atomic E-state index is 0.0119. The lowest BCUT2D eigenvalue weighted by atomic mass is 9.89. The normalized spacial score (nSPS) is 24.1. The van der Waals surface area contributed by atoms with Gasteiger partial charge in [0, 0.05) is 69.5 Å². The van der Waals surface area contributed by atoms with Gasteiger partial charge in [-0.1, -0.05) is 0 Å². The molecule has 4 rings (SSSR count). The third-order valence-corrected chi connectivity index (χ3v) is 6.13. The predicted molar refractivity (Wildman–Crippen MR) is 98.0 cm³/mol. The molecule has 25 heavy (non-hydrogen) atoms. The van der Waals surface area contributed by atoms with Crippen LogP contribution in [0.4, 0.5) is 5.13 Å². The minimum absolute atomic E-state index is 0.0119. The van der Waals surface area contributed by atoms with E-state index in [4.69, 9.17) is 0 Å². The highest BCUT2D eigenvalue weighted by Gasteiger charge is 2.37. The van der Waals surface area contributed by atoms with Crippen molar-refractivity contribution in [1.82, 2.24) is 25.0 Å². The zero-order valence-corrected chi connectivity index (χ0v) is 15.5. The average Bonchev–Trinajstić information content (AvgIpc) is 3.34. The van der Waals surface area contributed by atoms with Crippen LogP contribution in [-0.4, -0.2) is 64.8 Å². The first-order valence-corrected chi connectivity index (χ1v) is 9.59. The number of aryl methyl sites for hydroxylation is 2. The molecular weight excluding hydrogens is 336 g/mol. The Morgan fingerprint density at radius 1 is 1.24 bits per heavy atom. The number of carbonyl (C=O) groups excluding carboxylic acids is 1. The standard InChI is InChI=1S/C17H24N6OS/c1-12-7-19-17(25-12)23-5-3-22(4-6-23)16(24)15-10-18-9-14(15)13-8-20-21(2)11-13/h7-8,11,14-15,18H,3-6,9-10H2,1-2H3/t14-,15+/m1/s1. The van der Waals surface area contributed by atoms with Crippen molar-refractivity contribution in [3.63, 3.8) is 0 Å². The molecule has 2 aliphatic rings. The number of piperazine rings is 1. The summed E-state index contributed by atoms with van der Waals surface area (Å²) in [6.07, 6.45) is 5.83. The van der Waals surface area contributed by atoms with Gasteiger partial charge in [-0.15, -0.1) is 11.3 Å². The fourth-order valence-corrected chi connectivity index (χ4v) is 4.57. The van der Waals surface area contributed by atoms with Crippen molar-refractivity contribution in [2.45, 2.75) is 12.8 Å². The summed E-state index contributed by atoms with van der Waals surface area (Å²) in [5.41, 5.74) is 1.16. The molecule has 2 aliphatic heterocycles. The van der Waals surface area contributed by atoms with Gasteiger partial charge in [0.05, 0.1) is 12.1 Å². The van der Waals surface area contributed by atoms with E-state index in [-0.39, 0.29) is 17.7 Å². The van der Waals surface area contributed by atoms with Gasteiger partial charge in [-0.3, -0.25) is 9.48 Å². The van der Waals surface area contributed by atoms with E-state index in [1.165, 1.54) is 4.88 Å². The first-order valence-electron chi connectivity index (χ1n) is 8.77. The Bertz CT molecular complexity index is 748. The van der Waals surface area contributed by atoms with Crippen LogP contribution in [0.1, 0.15) is 16.4 Å². The van der Waals surface area contributed by atoms with Gasteiger partial charge in [0.2, 0.25) is 5.91 Å². The Balaban J connectivity index is 1.40. The van der Waals surface area contributed by atoms with Crippen LogP contribution in [0.5, 0.6) is 0 Å². The zero-order valence-electron chi connectivity index (χ0n) is 14.7. The number of hydrogen-bond acceptors (Lipinski definition) is 6. The van der Waals surface area contributed by atoms with Crippen LogP contribution in [0.15, 0.2) is 18.6 Å². The van der Waals surface area contributed by atoms with Gasteiger partial charge < -0.3 is 15.1 Å². The molecule has 2 aromatic rings. The van der Waals surface area contributed by atoms with Gasteiger partial charge in [0.1, 0.15) is 0 Å². The Morgan fingerprint density at radius 2 is 2.04 bits per heavy atom. The third kappa shape index (κ3) is 3.28. The first kappa shape index (κ1) is 16.5. The molecule has 1 N–H and O–H groups in total. The van der Waals surface area contributed by atoms with Gasteiger partial charge in [0.15, 0.2) is 5.13 Å². The SMILES string of the molecule is Cc1cnc(N2CCN(C(=O)[C@H]3CNC[C@@H]3c3cnn(C)c3)CC2)s1. The molecule has 8 heteroatoms. The van der Waals surface area contributed by atoms with E-state index in [1.807, 2.05) is 35.2 Å². The lowest BCUT2D eigenvalue weighted by Gasteiger charge is -2.36. The highest BCUT2D eigenvalue weighted by molar-refractivity contribution is 7.15. The van der Waals surface area contributed by atoms with Crippen molar-refractivity contribution >= 4 is 22.4 Å². The highest BCUT2D eigenvalue weighted by Crippen LogP contribution is 2.30. The summed E-state index contributed by atoms with van der Waals surface area (Å²) in [5, 5.41) is 8.72. The maximum absolute atomic E-state index is 13.1. The number of hydrogen-bond donors (Lipinski definition) is 1. The summed E-state index contributed by atoms with van der Waals surface area (Å²) in [6.45, 7) is 6.94. The molecule has 0 saturated carbocycles. The summed E-state index contributed by atoms with van der Waals surface area (Å²) in [7, 11) is 1.92. The number of aromatic nitrogens is 3. The van der Waals surface area contributed by atoms with Gasteiger partial charge in [0.25, 0.3) is 0 Å². The molecular formula is C17H24N6OS.